The summed E-state index contributed by atoms with van der Waals surface area (Å²) in [7, 11) is 3.41. The van der Waals surface area contributed by atoms with Gasteiger partial charge in [-0.05, 0) is 90.4 Å². The number of carbonyl (C=O) groups is 1. The van der Waals surface area contributed by atoms with Crippen molar-refractivity contribution in [1.29, 1.82) is 0 Å². The van der Waals surface area contributed by atoms with Crippen molar-refractivity contribution in [2.75, 3.05) is 14.2 Å². The summed E-state index contributed by atoms with van der Waals surface area (Å²) in [5.74, 6) is 4.02. The van der Waals surface area contributed by atoms with Crippen LogP contribution in [0.25, 0.3) is 0 Å². The summed E-state index contributed by atoms with van der Waals surface area (Å²) in [4.78, 5) is 12.6. The smallest absolute Gasteiger partial charge is 0.156 e. The largest absolute Gasteiger partial charge is 0.389 e. The minimum Gasteiger partial charge on any atom is -0.389 e. The standard InChI is InChI=1S/C32H54O4/c1-9-21-22(10-2)28-25(30(5)16-13-20(33)19-26(21)30)14-17-31(6)29(28)23(11-3)24(12-4)32(31,34)18-15-27(35-7)36-8/h19,21-25,27-29,34H,9-18H2,1-8H3/t21?,22?,23?,24?,25-,28-,29+,30-,31+,32?/m1/s1. The van der Waals surface area contributed by atoms with Crippen LogP contribution in [0.1, 0.15) is 106 Å². The van der Waals surface area contributed by atoms with Gasteiger partial charge in [-0.2, -0.15) is 0 Å². The fourth-order valence-electron chi connectivity index (χ4n) is 10.9. The van der Waals surface area contributed by atoms with Gasteiger partial charge in [0.25, 0.3) is 0 Å². The summed E-state index contributed by atoms with van der Waals surface area (Å²) in [6.07, 6.45) is 11.7. The van der Waals surface area contributed by atoms with Gasteiger partial charge < -0.3 is 14.6 Å². The zero-order valence-electron chi connectivity index (χ0n) is 24.4. The minimum atomic E-state index is -0.701. The van der Waals surface area contributed by atoms with E-state index in [1.807, 2.05) is 0 Å². The third-order valence-corrected chi connectivity index (χ3v) is 12.4. The molecule has 10 atom stereocenters. The Morgan fingerprint density at radius 1 is 1.00 bits per heavy atom. The molecule has 0 aromatic carbocycles. The number of ether oxygens (including phenoxy) is 2. The Kier molecular flexibility index (Phi) is 8.22. The zero-order chi connectivity index (χ0) is 26.5. The normalized spacial score (nSPS) is 46.3. The molecule has 0 aromatic rings. The van der Waals surface area contributed by atoms with Crippen molar-refractivity contribution in [2.45, 2.75) is 118 Å². The van der Waals surface area contributed by atoms with E-state index in [1.54, 1.807) is 14.2 Å². The third kappa shape index (κ3) is 3.90. The first-order chi connectivity index (χ1) is 17.1. The molecular weight excluding hydrogens is 448 g/mol. The molecule has 3 fully saturated rings. The topological polar surface area (TPSA) is 55.8 Å². The molecule has 36 heavy (non-hydrogen) atoms. The maximum absolute atomic E-state index is 12.8. The Morgan fingerprint density at radius 2 is 1.67 bits per heavy atom. The number of ketones is 1. The lowest BCUT2D eigenvalue weighted by molar-refractivity contribution is -0.173. The van der Waals surface area contributed by atoms with Crippen LogP contribution in [0.5, 0.6) is 0 Å². The highest BCUT2D eigenvalue weighted by atomic mass is 16.7. The highest BCUT2D eigenvalue weighted by molar-refractivity contribution is 5.91. The third-order valence-electron chi connectivity index (χ3n) is 12.4. The summed E-state index contributed by atoms with van der Waals surface area (Å²) in [5, 5.41) is 12.8. The molecule has 4 heteroatoms. The van der Waals surface area contributed by atoms with E-state index in [9.17, 15) is 9.90 Å². The van der Waals surface area contributed by atoms with Crippen LogP contribution < -0.4 is 0 Å². The molecule has 4 rings (SSSR count). The maximum atomic E-state index is 12.8. The quantitative estimate of drug-likeness (QED) is 0.339. The Labute approximate surface area is 221 Å². The number of hydrogen-bond donors (Lipinski definition) is 1. The van der Waals surface area contributed by atoms with E-state index in [-0.39, 0.29) is 17.1 Å². The molecule has 5 unspecified atom stereocenters. The molecule has 0 radical (unpaired) electrons. The van der Waals surface area contributed by atoms with Crippen LogP contribution in [0.3, 0.4) is 0 Å². The van der Waals surface area contributed by atoms with Crippen molar-refractivity contribution in [1.82, 2.24) is 0 Å². The number of carbonyl (C=O) groups excluding carboxylic acids is 1. The first kappa shape index (κ1) is 28.3. The lowest BCUT2D eigenvalue weighted by Gasteiger charge is -2.64. The number of fused-ring (bicyclic) bond motifs is 5. The van der Waals surface area contributed by atoms with E-state index >= 15 is 0 Å². The number of allylic oxidation sites excluding steroid dienone is 1. The SMILES string of the molecule is CCC1C2=CC(=O)CC[C@]2(C)[C@@H]2CC[C@@]3(C)[C@@H](C(CC)C(CC)C3(O)CCC(OC)OC)[C@@H]2C1CC. The Hall–Kier alpha value is -0.710. The second-order valence-electron chi connectivity index (χ2n) is 13.2. The lowest BCUT2D eigenvalue weighted by atomic mass is 9.41. The number of hydrogen-bond acceptors (Lipinski definition) is 4. The highest BCUT2D eigenvalue weighted by Gasteiger charge is 2.71. The van der Waals surface area contributed by atoms with Gasteiger partial charge in [-0.25, -0.2) is 0 Å². The molecule has 4 aliphatic rings. The van der Waals surface area contributed by atoms with Gasteiger partial charge in [0, 0.05) is 27.1 Å². The van der Waals surface area contributed by atoms with Crippen LogP contribution in [-0.2, 0) is 14.3 Å². The van der Waals surface area contributed by atoms with Gasteiger partial charge >= 0.3 is 0 Å². The Bertz CT molecular complexity index is 832. The van der Waals surface area contributed by atoms with Crippen LogP contribution in [0.2, 0.25) is 0 Å². The molecule has 0 saturated heterocycles. The van der Waals surface area contributed by atoms with E-state index in [2.05, 4.69) is 47.6 Å². The molecule has 4 aliphatic carbocycles. The molecule has 0 heterocycles. The first-order valence-electron chi connectivity index (χ1n) is 15.1. The fourth-order valence-corrected chi connectivity index (χ4v) is 10.9. The van der Waals surface area contributed by atoms with Crippen molar-refractivity contribution < 1.29 is 19.4 Å². The Balaban J connectivity index is 1.82. The van der Waals surface area contributed by atoms with Gasteiger partial charge in [-0.15, -0.1) is 0 Å². The molecule has 3 saturated carbocycles. The molecule has 206 valence electrons. The van der Waals surface area contributed by atoms with Gasteiger partial charge in [-0.1, -0.05) is 66.4 Å². The number of rotatable bonds is 9. The Morgan fingerprint density at radius 3 is 2.22 bits per heavy atom. The second kappa shape index (κ2) is 10.5. The molecule has 4 nitrogen and oxygen atoms in total. The minimum absolute atomic E-state index is 0.102. The second-order valence-corrected chi connectivity index (χ2v) is 13.2. The molecule has 0 aromatic heterocycles. The van der Waals surface area contributed by atoms with E-state index in [1.165, 1.54) is 12.0 Å². The molecule has 0 aliphatic heterocycles. The molecule has 0 amide bonds. The molecule has 1 N–H and O–H groups in total. The van der Waals surface area contributed by atoms with Crippen LogP contribution in [0, 0.1) is 52.3 Å². The average molecular weight is 503 g/mol. The predicted octanol–water partition coefficient (Wildman–Crippen LogP) is 7.19. The molecule has 0 spiro atoms. The van der Waals surface area contributed by atoms with Crippen LogP contribution in [0.15, 0.2) is 11.6 Å². The summed E-state index contributed by atoms with van der Waals surface area (Å²) in [6.45, 7) is 14.3. The summed E-state index contributed by atoms with van der Waals surface area (Å²) >= 11 is 0. The summed E-state index contributed by atoms with van der Waals surface area (Å²) in [6, 6.07) is 0. The first-order valence-corrected chi connectivity index (χ1v) is 15.1. The zero-order valence-corrected chi connectivity index (χ0v) is 24.4. The number of methoxy groups -OCH3 is 2. The lowest BCUT2D eigenvalue weighted by Crippen LogP contribution is -2.59. The van der Waals surface area contributed by atoms with Crippen LogP contribution in [-0.4, -0.2) is 37.0 Å². The summed E-state index contributed by atoms with van der Waals surface area (Å²) < 4.78 is 11.1. The van der Waals surface area contributed by atoms with E-state index < -0.39 is 5.60 Å². The van der Waals surface area contributed by atoms with Gasteiger partial charge in [-0.3, -0.25) is 4.79 Å². The van der Waals surface area contributed by atoms with Gasteiger partial charge in [0.05, 0.1) is 5.60 Å². The summed E-state index contributed by atoms with van der Waals surface area (Å²) in [5.41, 5.74) is 0.807. The maximum Gasteiger partial charge on any atom is 0.156 e. The van der Waals surface area contributed by atoms with E-state index in [4.69, 9.17) is 9.47 Å². The van der Waals surface area contributed by atoms with Gasteiger partial charge in [0.15, 0.2) is 12.1 Å². The predicted molar refractivity (Wildman–Crippen MR) is 145 cm³/mol. The van der Waals surface area contributed by atoms with Gasteiger partial charge in [0.2, 0.25) is 0 Å². The highest BCUT2D eigenvalue weighted by Crippen LogP contribution is 2.73. The van der Waals surface area contributed by atoms with Crippen molar-refractivity contribution in [3.8, 4) is 0 Å². The van der Waals surface area contributed by atoms with Gasteiger partial charge in [0.1, 0.15) is 0 Å². The monoisotopic (exact) mass is 502 g/mol. The fraction of sp³-hybridized carbons (Fsp3) is 0.906. The van der Waals surface area contributed by atoms with Crippen molar-refractivity contribution >= 4 is 5.78 Å². The van der Waals surface area contributed by atoms with E-state index in [0.29, 0.717) is 53.6 Å². The van der Waals surface area contributed by atoms with Crippen LogP contribution in [0.4, 0.5) is 0 Å². The molecule has 0 bridgehead atoms. The van der Waals surface area contributed by atoms with Crippen LogP contribution >= 0.6 is 0 Å². The van der Waals surface area contributed by atoms with Crippen molar-refractivity contribution in [3.63, 3.8) is 0 Å². The van der Waals surface area contributed by atoms with E-state index in [0.717, 1.165) is 51.4 Å². The van der Waals surface area contributed by atoms with Crippen molar-refractivity contribution in [3.05, 3.63) is 11.6 Å². The average Bonchev–Trinajstić information content (AvgIpc) is 3.07. The van der Waals surface area contributed by atoms with Crippen molar-refractivity contribution in [2.24, 2.45) is 52.3 Å². The number of aliphatic hydroxyl groups is 1. The molecular formula is C32H54O4.